The van der Waals surface area contributed by atoms with E-state index in [1.807, 2.05) is 65.5 Å². The summed E-state index contributed by atoms with van der Waals surface area (Å²) >= 11 is 0. The molecule has 2 unspecified atom stereocenters. The molecule has 2 heterocycles. The van der Waals surface area contributed by atoms with Crippen LogP contribution in [0.15, 0.2) is 73.2 Å². The van der Waals surface area contributed by atoms with Crippen LogP contribution in [0.5, 0.6) is 5.75 Å². The van der Waals surface area contributed by atoms with Crippen LogP contribution in [0.3, 0.4) is 0 Å². The van der Waals surface area contributed by atoms with Crippen molar-refractivity contribution < 1.29 is 14.6 Å². The highest BCUT2D eigenvalue weighted by Crippen LogP contribution is 2.24. The minimum atomic E-state index is -0.785. The van der Waals surface area contributed by atoms with Crippen molar-refractivity contribution in [1.29, 1.82) is 0 Å². The number of para-hydroxylation sites is 1. The number of fused-ring (bicyclic) bond motifs is 2. The number of aromatic nitrogens is 2. The van der Waals surface area contributed by atoms with Gasteiger partial charge in [-0.15, -0.1) is 0 Å². The van der Waals surface area contributed by atoms with Crippen LogP contribution in [-0.4, -0.2) is 32.8 Å². The number of nitrogens with zero attached hydrogens (tertiary/aromatic N) is 2. The van der Waals surface area contributed by atoms with Gasteiger partial charge in [-0.05, 0) is 36.8 Å². The molecule has 6 nitrogen and oxygen atoms in total. The van der Waals surface area contributed by atoms with Crippen molar-refractivity contribution in [1.82, 2.24) is 14.9 Å². The van der Waals surface area contributed by atoms with Gasteiger partial charge in [-0.3, -0.25) is 9.78 Å². The Hall–Kier alpha value is -3.38. The molecule has 2 N–H and O–H groups in total. The molecule has 0 radical (unpaired) electrons. The van der Waals surface area contributed by atoms with Crippen LogP contribution in [0.1, 0.15) is 20.0 Å². The monoisotopic (exact) mass is 389 g/mol. The van der Waals surface area contributed by atoms with Gasteiger partial charge in [0.2, 0.25) is 0 Å². The molecule has 0 saturated carbocycles. The lowest BCUT2D eigenvalue weighted by Crippen LogP contribution is -2.44. The molecule has 4 rings (SSSR count). The number of aliphatic hydroxyl groups excluding tert-OH is 1. The second kappa shape index (κ2) is 7.93. The highest BCUT2D eigenvalue weighted by Gasteiger charge is 2.24. The third-order valence-electron chi connectivity index (χ3n) is 4.91. The lowest BCUT2D eigenvalue weighted by atomic mass is 10.2. The second-order valence-electron chi connectivity index (χ2n) is 7.12. The van der Waals surface area contributed by atoms with Gasteiger partial charge < -0.3 is 19.7 Å². The lowest BCUT2D eigenvalue weighted by molar-refractivity contribution is -0.129. The highest BCUT2D eigenvalue weighted by molar-refractivity contribution is 5.86. The van der Waals surface area contributed by atoms with E-state index in [9.17, 15) is 9.90 Å². The molecule has 29 heavy (non-hydrogen) atoms. The van der Waals surface area contributed by atoms with Crippen molar-refractivity contribution in [3.05, 3.63) is 73.2 Å². The summed E-state index contributed by atoms with van der Waals surface area (Å²) in [5.74, 6) is 0.229. The Bertz CT molecular complexity index is 1110. The molecular weight excluding hydrogens is 366 g/mol. The van der Waals surface area contributed by atoms with Crippen LogP contribution in [0.25, 0.3) is 21.7 Å². The first-order valence-electron chi connectivity index (χ1n) is 9.58. The number of carbonyl (C=O) groups is 1. The zero-order valence-electron chi connectivity index (χ0n) is 16.3. The Morgan fingerprint density at radius 3 is 2.34 bits per heavy atom. The van der Waals surface area contributed by atoms with E-state index in [1.54, 1.807) is 26.1 Å². The SMILES string of the molecule is CC(O)C(NC(=O)[C@@H](C)Oc1cccc2cccnc12)n1cc2ccccc2c1. The van der Waals surface area contributed by atoms with Gasteiger partial charge >= 0.3 is 0 Å². The molecule has 4 aromatic rings. The van der Waals surface area contributed by atoms with Crippen molar-refractivity contribution in [2.75, 3.05) is 0 Å². The molecule has 2 aromatic heterocycles. The van der Waals surface area contributed by atoms with Gasteiger partial charge in [0.25, 0.3) is 5.91 Å². The topological polar surface area (TPSA) is 76.4 Å². The lowest BCUT2D eigenvalue weighted by Gasteiger charge is -2.25. The molecule has 0 spiro atoms. The number of amides is 1. The Labute approximate surface area is 168 Å². The summed E-state index contributed by atoms with van der Waals surface area (Å²) in [6.45, 7) is 3.33. The van der Waals surface area contributed by atoms with Gasteiger partial charge in [0.05, 0.1) is 6.10 Å². The minimum Gasteiger partial charge on any atom is -0.479 e. The molecule has 3 atom stereocenters. The first-order valence-corrected chi connectivity index (χ1v) is 9.58. The van der Waals surface area contributed by atoms with Crippen molar-refractivity contribution >= 4 is 27.6 Å². The average Bonchev–Trinajstić information content (AvgIpc) is 3.15. The summed E-state index contributed by atoms with van der Waals surface area (Å²) in [6.07, 6.45) is 3.37. The fourth-order valence-electron chi connectivity index (χ4n) is 3.39. The molecule has 0 saturated heterocycles. The summed E-state index contributed by atoms with van der Waals surface area (Å²) < 4.78 is 7.72. The van der Waals surface area contributed by atoms with Crippen LogP contribution in [-0.2, 0) is 4.79 Å². The molecule has 0 aliphatic rings. The van der Waals surface area contributed by atoms with Gasteiger partial charge in [-0.1, -0.05) is 42.5 Å². The van der Waals surface area contributed by atoms with E-state index >= 15 is 0 Å². The van der Waals surface area contributed by atoms with E-state index in [1.165, 1.54) is 0 Å². The van der Waals surface area contributed by atoms with Gasteiger partial charge in [0, 0.05) is 24.0 Å². The van der Waals surface area contributed by atoms with E-state index in [4.69, 9.17) is 4.74 Å². The Morgan fingerprint density at radius 1 is 1.00 bits per heavy atom. The van der Waals surface area contributed by atoms with Crippen molar-refractivity contribution in [3.63, 3.8) is 0 Å². The van der Waals surface area contributed by atoms with Crippen LogP contribution in [0, 0.1) is 0 Å². The van der Waals surface area contributed by atoms with E-state index < -0.39 is 18.4 Å². The van der Waals surface area contributed by atoms with Crippen LogP contribution in [0.2, 0.25) is 0 Å². The molecule has 0 bridgehead atoms. The molecule has 0 aliphatic carbocycles. The molecule has 0 fully saturated rings. The maximum Gasteiger partial charge on any atom is 0.262 e. The van der Waals surface area contributed by atoms with Gasteiger partial charge in [-0.2, -0.15) is 0 Å². The quantitative estimate of drug-likeness (QED) is 0.528. The Balaban J connectivity index is 1.53. The van der Waals surface area contributed by atoms with Gasteiger partial charge in [0.15, 0.2) is 6.10 Å². The normalized spacial score (nSPS) is 14.4. The first-order chi connectivity index (χ1) is 14.0. The number of nitrogens with one attached hydrogen (secondary N) is 1. The first kappa shape index (κ1) is 19.0. The number of benzene rings is 2. The van der Waals surface area contributed by atoms with E-state index in [0.29, 0.717) is 11.3 Å². The number of rotatable bonds is 6. The highest BCUT2D eigenvalue weighted by atomic mass is 16.5. The van der Waals surface area contributed by atoms with Gasteiger partial charge in [0.1, 0.15) is 17.4 Å². The third-order valence-corrected chi connectivity index (χ3v) is 4.91. The fraction of sp³-hybridized carbons (Fsp3) is 0.217. The van der Waals surface area contributed by atoms with Gasteiger partial charge in [-0.25, -0.2) is 0 Å². The van der Waals surface area contributed by atoms with Crippen molar-refractivity contribution in [2.45, 2.75) is 32.2 Å². The minimum absolute atomic E-state index is 0.318. The fourth-order valence-corrected chi connectivity index (χ4v) is 3.39. The largest absolute Gasteiger partial charge is 0.479 e. The molecule has 148 valence electrons. The zero-order valence-corrected chi connectivity index (χ0v) is 16.3. The van der Waals surface area contributed by atoms with Crippen molar-refractivity contribution in [3.8, 4) is 5.75 Å². The van der Waals surface area contributed by atoms with Crippen molar-refractivity contribution in [2.24, 2.45) is 0 Å². The Morgan fingerprint density at radius 2 is 1.66 bits per heavy atom. The summed E-state index contributed by atoms with van der Waals surface area (Å²) in [7, 11) is 0. The number of pyridine rings is 1. The number of hydrogen-bond donors (Lipinski definition) is 2. The summed E-state index contributed by atoms with van der Waals surface area (Å²) in [5, 5.41) is 16.2. The van der Waals surface area contributed by atoms with Crippen LogP contribution < -0.4 is 10.1 Å². The van der Waals surface area contributed by atoms with Crippen LogP contribution >= 0.6 is 0 Å². The molecular formula is C23H23N3O3. The predicted molar refractivity (Wildman–Crippen MR) is 113 cm³/mol. The standard InChI is InChI=1S/C23H23N3O3/c1-15(27)22(26-13-18-7-3-4-8-19(18)14-26)25-23(28)16(2)29-20-11-5-9-17-10-6-12-24-21(17)20/h3-16,22,27H,1-2H3,(H,25,28)/t15?,16-,22?/m1/s1. The third kappa shape index (κ3) is 3.93. The smallest absolute Gasteiger partial charge is 0.262 e. The predicted octanol–water partition coefficient (Wildman–Crippen LogP) is 3.65. The van der Waals surface area contributed by atoms with Crippen LogP contribution in [0.4, 0.5) is 0 Å². The summed E-state index contributed by atoms with van der Waals surface area (Å²) in [4.78, 5) is 17.2. The average molecular weight is 389 g/mol. The number of hydrogen-bond acceptors (Lipinski definition) is 4. The number of aliphatic hydroxyl groups is 1. The zero-order chi connectivity index (χ0) is 20.4. The molecule has 1 amide bonds. The Kier molecular flexibility index (Phi) is 5.18. The summed E-state index contributed by atoms with van der Waals surface area (Å²) in [5.41, 5.74) is 0.707. The number of carbonyl (C=O) groups excluding carboxylic acids is 1. The number of ether oxygens (including phenoxy) is 1. The summed E-state index contributed by atoms with van der Waals surface area (Å²) in [6, 6.07) is 17.3. The second-order valence-corrected chi connectivity index (χ2v) is 7.12. The molecule has 6 heteroatoms. The molecule has 0 aliphatic heterocycles. The van der Waals surface area contributed by atoms with E-state index in [-0.39, 0.29) is 5.91 Å². The van der Waals surface area contributed by atoms with E-state index in [2.05, 4.69) is 10.3 Å². The van der Waals surface area contributed by atoms with E-state index in [0.717, 1.165) is 16.2 Å². The maximum atomic E-state index is 12.8. The maximum absolute atomic E-state index is 12.8. The molecule has 2 aromatic carbocycles.